The van der Waals surface area contributed by atoms with Gasteiger partial charge in [0.2, 0.25) is 0 Å². The molecule has 0 amide bonds. The standard InChI is InChI=1S/C11H15NO2/c1-12(2)8-6-7-14-10-5-3-4-9(13)11(8)10/h3-5,8,13H,6-7H2,1-2H3. The largest absolute Gasteiger partial charge is 0.507 e. The minimum absolute atomic E-state index is 0.264. The predicted octanol–water partition coefficient (Wildman–Crippen LogP) is 1.78. The number of nitrogens with zero attached hydrogens (tertiary/aromatic N) is 1. The molecule has 0 aliphatic carbocycles. The molecule has 1 aliphatic heterocycles. The Morgan fingerprint density at radius 2 is 2.21 bits per heavy atom. The van der Waals surface area contributed by atoms with E-state index >= 15 is 0 Å². The first-order valence-electron chi connectivity index (χ1n) is 4.81. The van der Waals surface area contributed by atoms with Gasteiger partial charge < -0.3 is 14.7 Å². The van der Waals surface area contributed by atoms with Gasteiger partial charge >= 0.3 is 0 Å². The Hall–Kier alpha value is -1.22. The van der Waals surface area contributed by atoms with Crippen molar-refractivity contribution < 1.29 is 9.84 Å². The van der Waals surface area contributed by atoms with Gasteiger partial charge in [-0.15, -0.1) is 0 Å². The van der Waals surface area contributed by atoms with E-state index in [4.69, 9.17) is 4.74 Å². The van der Waals surface area contributed by atoms with Gasteiger partial charge in [-0.1, -0.05) is 6.07 Å². The summed E-state index contributed by atoms with van der Waals surface area (Å²) in [7, 11) is 4.04. The molecule has 1 aromatic carbocycles. The third-order valence-corrected chi connectivity index (χ3v) is 2.65. The van der Waals surface area contributed by atoms with Crippen LogP contribution in [0.1, 0.15) is 18.0 Å². The Morgan fingerprint density at radius 3 is 2.93 bits per heavy atom. The lowest BCUT2D eigenvalue weighted by Crippen LogP contribution is -2.26. The molecule has 0 fully saturated rings. The average Bonchev–Trinajstić information content (AvgIpc) is 2.17. The van der Waals surface area contributed by atoms with Gasteiger partial charge in [0.25, 0.3) is 0 Å². The first-order chi connectivity index (χ1) is 6.70. The minimum atomic E-state index is 0.264. The van der Waals surface area contributed by atoms with Crippen LogP contribution in [0.3, 0.4) is 0 Å². The van der Waals surface area contributed by atoms with Gasteiger partial charge in [-0.05, 0) is 26.2 Å². The smallest absolute Gasteiger partial charge is 0.127 e. The molecule has 2 rings (SSSR count). The molecule has 1 atom stereocenters. The Kier molecular flexibility index (Phi) is 2.33. The van der Waals surface area contributed by atoms with Crippen molar-refractivity contribution in [1.82, 2.24) is 4.90 Å². The van der Waals surface area contributed by atoms with Gasteiger partial charge in [0.05, 0.1) is 12.2 Å². The zero-order chi connectivity index (χ0) is 10.1. The summed E-state index contributed by atoms with van der Waals surface area (Å²) in [6.45, 7) is 0.722. The Balaban J connectivity index is 2.47. The highest BCUT2D eigenvalue weighted by Crippen LogP contribution is 2.40. The fraction of sp³-hybridized carbons (Fsp3) is 0.455. The van der Waals surface area contributed by atoms with Crippen LogP contribution in [-0.4, -0.2) is 30.7 Å². The molecule has 0 saturated heterocycles. The van der Waals surface area contributed by atoms with Gasteiger partial charge in [0.15, 0.2) is 0 Å². The van der Waals surface area contributed by atoms with Crippen molar-refractivity contribution in [1.29, 1.82) is 0 Å². The summed E-state index contributed by atoms with van der Waals surface area (Å²) in [6.07, 6.45) is 0.928. The monoisotopic (exact) mass is 193 g/mol. The van der Waals surface area contributed by atoms with E-state index in [9.17, 15) is 5.11 Å². The van der Waals surface area contributed by atoms with E-state index in [2.05, 4.69) is 4.90 Å². The van der Waals surface area contributed by atoms with Crippen LogP contribution >= 0.6 is 0 Å². The van der Waals surface area contributed by atoms with Crippen LogP contribution in [0.25, 0.3) is 0 Å². The number of hydrogen-bond donors (Lipinski definition) is 1. The summed E-state index contributed by atoms with van der Waals surface area (Å²) in [4.78, 5) is 2.11. The zero-order valence-electron chi connectivity index (χ0n) is 8.53. The summed E-state index contributed by atoms with van der Waals surface area (Å²) in [5.74, 6) is 1.15. The van der Waals surface area contributed by atoms with Gasteiger partial charge in [-0.2, -0.15) is 0 Å². The molecule has 3 nitrogen and oxygen atoms in total. The molecule has 0 aromatic heterocycles. The van der Waals surface area contributed by atoms with E-state index in [-0.39, 0.29) is 6.04 Å². The van der Waals surface area contributed by atoms with Gasteiger partial charge in [0, 0.05) is 12.5 Å². The van der Waals surface area contributed by atoms with E-state index in [0.717, 1.165) is 24.3 Å². The number of aromatic hydroxyl groups is 1. The third-order valence-electron chi connectivity index (χ3n) is 2.65. The van der Waals surface area contributed by atoms with Crippen LogP contribution in [0.2, 0.25) is 0 Å². The van der Waals surface area contributed by atoms with Gasteiger partial charge in [-0.25, -0.2) is 0 Å². The highest BCUT2D eigenvalue weighted by atomic mass is 16.5. The summed E-state index contributed by atoms with van der Waals surface area (Å²) in [5, 5.41) is 9.77. The van der Waals surface area contributed by atoms with Crippen molar-refractivity contribution in [2.75, 3.05) is 20.7 Å². The summed E-state index contributed by atoms with van der Waals surface area (Å²) >= 11 is 0. The number of benzene rings is 1. The molecule has 14 heavy (non-hydrogen) atoms. The molecule has 1 aromatic rings. The van der Waals surface area contributed by atoms with Gasteiger partial charge in [-0.3, -0.25) is 0 Å². The zero-order valence-corrected chi connectivity index (χ0v) is 8.53. The lowest BCUT2D eigenvalue weighted by atomic mass is 9.99. The molecule has 1 heterocycles. The fourth-order valence-corrected chi connectivity index (χ4v) is 1.93. The quantitative estimate of drug-likeness (QED) is 0.738. The number of phenolic OH excluding ortho intramolecular Hbond substituents is 1. The van der Waals surface area contributed by atoms with E-state index in [1.807, 2.05) is 26.2 Å². The second-order valence-corrected chi connectivity index (χ2v) is 3.81. The normalized spacial score (nSPS) is 20.4. The second-order valence-electron chi connectivity index (χ2n) is 3.81. The molecule has 3 heteroatoms. The minimum Gasteiger partial charge on any atom is -0.507 e. The fourth-order valence-electron chi connectivity index (χ4n) is 1.93. The lowest BCUT2D eigenvalue weighted by molar-refractivity contribution is 0.185. The topological polar surface area (TPSA) is 32.7 Å². The Labute approximate surface area is 83.9 Å². The molecule has 0 spiro atoms. The van der Waals surface area contributed by atoms with Crippen molar-refractivity contribution in [2.24, 2.45) is 0 Å². The van der Waals surface area contributed by atoms with Gasteiger partial charge in [0.1, 0.15) is 11.5 Å². The van der Waals surface area contributed by atoms with Crippen LogP contribution in [0.4, 0.5) is 0 Å². The van der Waals surface area contributed by atoms with Crippen LogP contribution in [0, 0.1) is 0 Å². The number of fused-ring (bicyclic) bond motifs is 1. The summed E-state index contributed by atoms with van der Waals surface area (Å²) in [6, 6.07) is 5.70. The molecule has 0 bridgehead atoms. The van der Waals surface area contributed by atoms with Crippen molar-refractivity contribution in [3.05, 3.63) is 23.8 Å². The van der Waals surface area contributed by atoms with E-state index < -0.39 is 0 Å². The first-order valence-corrected chi connectivity index (χ1v) is 4.81. The second kappa shape index (κ2) is 3.50. The molecule has 76 valence electrons. The van der Waals surface area contributed by atoms with Crippen molar-refractivity contribution >= 4 is 0 Å². The van der Waals surface area contributed by atoms with Crippen molar-refractivity contribution in [3.8, 4) is 11.5 Å². The van der Waals surface area contributed by atoms with E-state index in [1.165, 1.54) is 0 Å². The maximum Gasteiger partial charge on any atom is 0.127 e. The predicted molar refractivity (Wildman–Crippen MR) is 54.6 cm³/mol. The van der Waals surface area contributed by atoms with Crippen molar-refractivity contribution in [2.45, 2.75) is 12.5 Å². The third kappa shape index (κ3) is 1.44. The Bertz CT molecular complexity index is 336. The molecule has 0 saturated carbocycles. The lowest BCUT2D eigenvalue weighted by Gasteiger charge is -2.31. The maximum atomic E-state index is 9.77. The number of ether oxygens (including phenoxy) is 1. The average molecular weight is 193 g/mol. The number of phenols is 1. The number of rotatable bonds is 1. The maximum absolute atomic E-state index is 9.77. The molecule has 1 unspecified atom stereocenters. The molecule has 0 radical (unpaired) electrons. The highest BCUT2D eigenvalue weighted by molar-refractivity contribution is 5.47. The highest BCUT2D eigenvalue weighted by Gasteiger charge is 2.25. The molecular weight excluding hydrogens is 178 g/mol. The van der Waals surface area contributed by atoms with E-state index in [1.54, 1.807) is 6.07 Å². The summed E-state index contributed by atoms with van der Waals surface area (Å²) < 4.78 is 5.50. The van der Waals surface area contributed by atoms with Crippen LogP contribution < -0.4 is 4.74 Å². The van der Waals surface area contributed by atoms with Crippen LogP contribution in [0.15, 0.2) is 18.2 Å². The number of hydrogen-bond acceptors (Lipinski definition) is 3. The molecular formula is C11H15NO2. The first kappa shape index (κ1) is 9.34. The molecule has 1 N–H and O–H groups in total. The summed E-state index contributed by atoms with van der Waals surface area (Å²) in [5.41, 5.74) is 0.920. The van der Waals surface area contributed by atoms with E-state index in [0.29, 0.717) is 5.75 Å². The Morgan fingerprint density at radius 1 is 1.43 bits per heavy atom. The SMILES string of the molecule is CN(C)C1CCOc2cccc(O)c21. The van der Waals surface area contributed by atoms with Crippen LogP contribution in [0.5, 0.6) is 11.5 Å². The van der Waals surface area contributed by atoms with Crippen LogP contribution in [-0.2, 0) is 0 Å². The molecule has 1 aliphatic rings. The van der Waals surface area contributed by atoms with Crippen molar-refractivity contribution in [3.63, 3.8) is 0 Å².